The van der Waals surface area contributed by atoms with Gasteiger partial charge in [0.05, 0.1) is 31.7 Å². The maximum absolute atomic E-state index is 12.7. The average Bonchev–Trinajstić information content (AvgIpc) is 2.81. The molecule has 7 nitrogen and oxygen atoms in total. The van der Waals surface area contributed by atoms with E-state index in [2.05, 4.69) is 5.32 Å². The summed E-state index contributed by atoms with van der Waals surface area (Å²) < 4.78 is 10.8. The number of hydrazone groups is 1. The summed E-state index contributed by atoms with van der Waals surface area (Å²) in [5.41, 5.74) is 3.40. The maximum Gasteiger partial charge on any atom is 0.302 e. The molecule has 3 rings (SSSR count). The number of rotatable bonds is 9. The maximum atomic E-state index is 12.7. The summed E-state index contributed by atoms with van der Waals surface area (Å²) in [6.45, 7) is 4.36. The van der Waals surface area contributed by atoms with E-state index in [1.807, 2.05) is 56.3 Å². The summed E-state index contributed by atoms with van der Waals surface area (Å²) in [4.78, 5) is 24.5. The van der Waals surface area contributed by atoms with Crippen LogP contribution in [0.2, 0.25) is 0 Å². The van der Waals surface area contributed by atoms with Crippen molar-refractivity contribution in [3.05, 3.63) is 53.6 Å². The van der Waals surface area contributed by atoms with Crippen LogP contribution < -0.4 is 14.8 Å². The van der Waals surface area contributed by atoms with Gasteiger partial charge in [0.15, 0.2) is 11.5 Å². The fourth-order valence-electron chi connectivity index (χ4n) is 3.41. The zero-order valence-electron chi connectivity index (χ0n) is 18.9. The molecule has 0 aromatic heterocycles. The predicted octanol–water partition coefficient (Wildman–Crippen LogP) is 5.29. The molecule has 0 aliphatic carbocycles. The number of anilines is 1. The van der Waals surface area contributed by atoms with Crippen molar-refractivity contribution < 1.29 is 19.1 Å². The fourth-order valence-corrected chi connectivity index (χ4v) is 4.34. The molecule has 1 aliphatic heterocycles. The number of benzene rings is 2. The number of thioether (sulfide) groups is 1. The summed E-state index contributed by atoms with van der Waals surface area (Å²) in [6, 6.07) is 13.2. The molecule has 170 valence electrons. The van der Waals surface area contributed by atoms with E-state index in [-0.39, 0.29) is 16.4 Å². The Kier molecular flexibility index (Phi) is 8.16. The molecule has 1 heterocycles. The number of methoxy groups -OCH3 is 2. The van der Waals surface area contributed by atoms with Gasteiger partial charge in [0.25, 0.3) is 0 Å². The quantitative estimate of drug-likeness (QED) is 0.555. The Bertz CT molecular complexity index is 991. The summed E-state index contributed by atoms with van der Waals surface area (Å²) in [5, 5.41) is 8.97. The normalized spacial score (nSPS) is 15.9. The van der Waals surface area contributed by atoms with E-state index in [1.54, 1.807) is 14.2 Å². The van der Waals surface area contributed by atoms with Crippen LogP contribution in [0.1, 0.15) is 44.2 Å². The number of carbonyl (C=O) groups is 2. The van der Waals surface area contributed by atoms with Crippen LogP contribution in [0.25, 0.3) is 0 Å². The molecule has 2 aromatic rings. The molecule has 8 heteroatoms. The molecule has 0 bridgehead atoms. The predicted molar refractivity (Wildman–Crippen MR) is 129 cm³/mol. The minimum Gasteiger partial charge on any atom is -0.493 e. The number of hydrogen-bond donors (Lipinski definition) is 1. The lowest BCUT2D eigenvalue weighted by Gasteiger charge is -2.28. The molecule has 0 fully saturated rings. The highest BCUT2D eigenvalue weighted by atomic mass is 32.2. The van der Waals surface area contributed by atoms with E-state index in [0.717, 1.165) is 35.4 Å². The van der Waals surface area contributed by atoms with Crippen molar-refractivity contribution in [1.82, 2.24) is 5.01 Å². The van der Waals surface area contributed by atoms with Gasteiger partial charge in [0.1, 0.15) is 0 Å². The van der Waals surface area contributed by atoms with Gasteiger partial charge in [-0.05, 0) is 48.7 Å². The molecule has 2 aromatic carbocycles. The van der Waals surface area contributed by atoms with Crippen LogP contribution in [-0.4, -0.2) is 41.3 Å². The van der Waals surface area contributed by atoms with Crippen molar-refractivity contribution in [3.8, 4) is 11.5 Å². The first-order valence-corrected chi connectivity index (χ1v) is 11.5. The highest BCUT2D eigenvalue weighted by Crippen LogP contribution is 2.33. The largest absolute Gasteiger partial charge is 0.493 e. The highest BCUT2D eigenvalue weighted by molar-refractivity contribution is 8.14. The van der Waals surface area contributed by atoms with Crippen LogP contribution >= 0.6 is 11.8 Å². The van der Waals surface area contributed by atoms with Gasteiger partial charge < -0.3 is 14.8 Å². The Morgan fingerprint density at radius 1 is 1.09 bits per heavy atom. The number of amides is 2. The molecule has 0 radical (unpaired) electrons. The summed E-state index contributed by atoms with van der Waals surface area (Å²) in [5.74, 6) is 1.27. The first-order valence-electron chi connectivity index (χ1n) is 10.7. The van der Waals surface area contributed by atoms with E-state index < -0.39 is 0 Å². The van der Waals surface area contributed by atoms with Crippen LogP contribution in [0.15, 0.2) is 47.6 Å². The van der Waals surface area contributed by atoms with Gasteiger partial charge in [-0.25, -0.2) is 5.01 Å². The number of nitrogens with one attached hydrogen (secondary N) is 1. The molecule has 1 unspecified atom stereocenters. The first-order chi connectivity index (χ1) is 15.5. The summed E-state index contributed by atoms with van der Waals surface area (Å²) >= 11 is 1.28. The van der Waals surface area contributed by atoms with E-state index in [1.165, 1.54) is 16.8 Å². The third-order valence-corrected chi connectivity index (χ3v) is 6.34. The van der Waals surface area contributed by atoms with Crippen molar-refractivity contribution in [1.29, 1.82) is 0 Å². The number of ether oxygens (including phenoxy) is 2. The van der Waals surface area contributed by atoms with Gasteiger partial charge in [-0.1, -0.05) is 37.7 Å². The van der Waals surface area contributed by atoms with Crippen LogP contribution in [-0.2, 0) is 11.3 Å². The Balaban J connectivity index is 1.82. The van der Waals surface area contributed by atoms with Crippen molar-refractivity contribution in [2.75, 3.05) is 19.5 Å². The van der Waals surface area contributed by atoms with Crippen LogP contribution in [0.3, 0.4) is 0 Å². The monoisotopic (exact) mass is 455 g/mol. The lowest BCUT2D eigenvalue weighted by molar-refractivity contribution is -0.116. The van der Waals surface area contributed by atoms with Gasteiger partial charge in [0.2, 0.25) is 5.91 Å². The van der Waals surface area contributed by atoms with Gasteiger partial charge in [-0.15, -0.1) is 0 Å². The number of hydrogen-bond acceptors (Lipinski definition) is 6. The molecular weight excluding hydrogens is 426 g/mol. The van der Waals surface area contributed by atoms with Crippen LogP contribution in [0.4, 0.5) is 10.5 Å². The van der Waals surface area contributed by atoms with Crippen molar-refractivity contribution in [3.63, 3.8) is 0 Å². The van der Waals surface area contributed by atoms with Crippen molar-refractivity contribution in [2.24, 2.45) is 5.10 Å². The molecule has 1 aliphatic rings. The third kappa shape index (κ3) is 5.62. The minimum absolute atomic E-state index is 0.00220. The zero-order chi connectivity index (χ0) is 23.1. The van der Waals surface area contributed by atoms with Crippen molar-refractivity contribution >= 4 is 34.3 Å². The SMILES string of the molecule is CCCC(=O)Nc1ccc(CN2N=C(c3ccc(OC)c(OC)c3)C(CC)SC2=O)cc1. The molecule has 0 saturated heterocycles. The van der Waals surface area contributed by atoms with Crippen molar-refractivity contribution in [2.45, 2.75) is 44.9 Å². The summed E-state index contributed by atoms with van der Waals surface area (Å²) in [6.07, 6.45) is 2.08. The molecule has 0 spiro atoms. The Hall–Kier alpha value is -3.00. The smallest absolute Gasteiger partial charge is 0.302 e. The first kappa shape index (κ1) is 23.7. The topological polar surface area (TPSA) is 80.2 Å². The summed E-state index contributed by atoms with van der Waals surface area (Å²) in [7, 11) is 3.20. The van der Waals surface area contributed by atoms with Gasteiger partial charge in [-0.2, -0.15) is 5.10 Å². The minimum atomic E-state index is -0.0820. The van der Waals surface area contributed by atoms with Gasteiger partial charge in [-0.3, -0.25) is 9.59 Å². The lowest BCUT2D eigenvalue weighted by atomic mass is 10.0. The average molecular weight is 456 g/mol. The van der Waals surface area contributed by atoms with Crippen LogP contribution in [0, 0.1) is 0 Å². The van der Waals surface area contributed by atoms with E-state index in [4.69, 9.17) is 14.6 Å². The lowest BCUT2D eigenvalue weighted by Crippen LogP contribution is -2.34. The molecule has 2 amide bonds. The molecule has 1 atom stereocenters. The van der Waals surface area contributed by atoms with Gasteiger partial charge >= 0.3 is 5.24 Å². The molecule has 32 heavy (non-hydrogen) atoms. The molecule has 0 saturated carbocycles. The van der Waals surface area contributed by atoms with Crippen LogP contribution in [0.5, 0.6) is 11.5 Å². The third-order valence-electron chi connectivity index (χ3n) is 5.08. The Morgan fingerprint density at radius 3 is 2.44 bits per heavy atom. The Morgan fingerprint density at radius 2 is 1.81 bits per heavy atom. The second kappa shape index (κ2) is 11.0. The van der Waals surface area contributed by atoms with Gasteiger partial charge in [0, 0.05) is 17.7 Å². The van der Waals surface area contributed by atoms with E-state index in [9.17, 15) is 9.59 Å². The highest BCUT2D eigenvalue weighted by Gasteiger charge is 2.30. The zero-order valence-corrected chi connectivity index (χ0v) is 19.7. The number of nitrogens with zero attached hydrogens (tertiary/aromatic N) is 2. The molecule has 1 N–H and O–H groups in total. The Labute approximate surface area is 193 Å². The number of carbonyl (C=O) groups excluding carboxylic acids is 2. The fraction of sp³-hybridized carbons (Fsp3) is 0.375. The standard InChI is InChI=1S/C24H29N3O4S/c1-5-7-22(28)25-18-11-8-16(9-12-18)15-27-24(29)32-21(6-2)23(26-27)17-10-13-19(30-3)20(14-17)31-4/h8-14,21H,5-7,15H2,1-4H3,(H,25,28). The second-order valence-corrected chi connectivity index (χ2v) is 8.54. The second-order valence-electron chi connectivity index (χ2n) is 7.39. The molecular formula is C24H29N3O4S. The van der Waals surface area contributed by atoms with E-state index >= 15 is 0 Å². The van der Waals surface area contributed by atoms with E-state index in [0.29, 0.717) is 24.5 Å².